The van der Waals surface area contributed by atoms with Gasteiger partial charge in [-0.15, -0.1) is 0 Å². The fraction of sp³-hybridized carbons (Fsp3) is 0.409. The molecule has 3 aromatic rings. The highest BCUT2D eigenvalue weighted by Gasteiger charge is 2.29. The van der Waals surface area contributed by atoms with E-state index in [1.165, 1.54) is 6.07 Å². The molecule has 2 aliphatic rings. The van der Waals surface area contributed by atoms with E-state index in [0.717, 1.165) is 49.4 Å². The predicted molar refractivity (Wildman–Crippen MR) is 114 cm³/mol. The van der Waals surface area contributed by atoms with Crippen LogP contribution in [0.2, 0.25) is 0 Å². The highest BCUT2D eigenvalue weighted by atomic mass is 19.1. The third-order valence-corrected chi connectivity index (χ3v) is 6.07. The van der Waals surface area contributed by atoms with Gasteiger partial charge >= 0.3 is 0 Å². The summed E-state index contributed by atoms with van der Waals surface area (Å²) in [6.45, 7) is 4.35. The third kappa shape index (κ3) is 3.81. The zero-order chi connectivity index (χ0) is 21.4. The maximum Gasteiger partial charge on any atom is 0.216 e. The Morgan fingerprint density at radius 2 is 1.90 bits per heavy atom. The number of aromatic nitrogens is 5. The minimum absolute atomic E-state index is 0.00874. The Hall–Kier alpha value is -3.20. The van der Waals surface area contributed by atoms with E-state index >= 15 is 0 Å². The Bertz CT molecular complexity index is 1080. The molecule has 0 bridgehead atoms. The Kier molecular flexibility index (Phi) is 5.19. The van der Waals surface area contributed by atoms with Gasteiger partial charge in [-0.3, -0.25) is 0 Å². The summed E-state index contributed by atoms with van der Waals surface area (Å²) >= 11 is 0. The first-order valence-electron chi connectivity index (χ1n) is 10.5. The molecule has 9 heteroatoms. The molecule has 2 aliphatic heterocycles. The average molecular weight is 421 g/mol. The Balaban J connectivity index is 1.42. The van der Waals surface area contributed by atoms with Crippen molar-refractivity contribution in [3.8, 4) is 11.6 Å². The summed E-state index contributed by atoms with van der Waals surface area (Å²) < 4.78 is 19.9. The van der Waals surface area contributed by atoms with Crippen LogP contribution in [0.25, 0.3) is 11.6 Å². The first kappa shape index (κ1) is 19.7. The summed E-state index contributed by atoms with van der Waals surface area (Å²) in [5.74, 6) is 1.22. The highest BCUT2D eigenvalue weighted by Crippen LogP contribution is 2.35. The van der Waals surface area contributed by atoms with Crippen LogP contribution in [0.3, 0.4) is 0 Å². The molecule has 0 radical (unpaired) electrons. The number of nitrogens with zero attached hydrogens (tertiary/aromatic N) is 7. The van der Waals surface area contributed by atoms with Crippen molar-refractivity contribution >= 4 is 11.5 Å². The van der Waals surface area contributed by atoms with Crippen LogP contribution >= 0.6 is 0 Å². The minimum atomic E-state index is -0.473. The first-order chi connectivity index (χ1) is 15.1. The largest absolute Gasteiger partial charge is 0.380 e. The van der Waals surface area contributed by atoms with Gasteiger partial charge in [-0.05, 0) is 19.4 Å². The van der Waals surface area contributed by atoms with E-state index in [2.05, 4.69) is 36.7 Å². The molecule has 0 spiro atoms. The molecule has 3 aromatic heterocycles. The van der Waals surface area contributed by atoms with Crippen LogP contribution in [0.15, 0.2) is 36.8 Å². The molecule has 0 N–H and O–H groups in total. The van der Waals surface area contributed by atoms with Crippen molar-refractivity contribution in [1.29, 1.82) is 0 Å². The Morgan fingerprint density at radius 3 is 2.68 bits per heavy atom. The predicted octanol–water partition coefficient (Wildman–Crippen LogP) is 2.82. The molecular weight excluding hydrogens is 397 g/mol. The number of hydrogen-bond acceptors (Lipinski definition) is 8. The van der Waals surface area contributed by atoms with E-state index in [9.17, 15) is 4.39 Å². The molecule has 8 nitrogen and oxygen atoms in total. The lowest BCUT2D eigenvalue weighted by Crippen LogP contribution is -2.35. The zero-order valence-electron chi connectivity index (χ0n) is 17.6. The van der Waals surface area contributed by atoms with Crippen molar-refractivity contribution in [2.45, 2.75) is 31.9 Å². The number of hydrogen-bond donors (Lipinski definition) is 0. The van der Waals surface area contributed by atoms with Crippen molar-refractivity contribution in [2.75, 3.05) is 36.5 Å². The van der Waals surface area contributed by atoms with Crippen LogP contribution in [-0.4, -0.2) is 57.8 Å². The fourth-order valence-electron chi connectivity index (χ4n) is 4.37. The van der Waals surface area contributed by atoms with Gasteiger partial charge in [0.2, 0.25) is 5.95 Å². The van der Waals surface area contributed by atoms with E-state index < -0.39 is 5.95 Å². The number of pyridine rings is 1. The van der Waals surface area contributed by atoms with Crippen LogP contribution in [0.5, 0.6) is 0 Å². The van der Waals surface area contributed by atoms with Gasteiger partial charge in [0, 0.05) is 75.1 Å². The molecule has 1 saturated heterocycles. The molecule has 2 atom stereocenters. The van der Waals surface area contributed by atoms with Crippen LogP contribution in [-0.2, 0) is 11.2 Å². The van der Waals surface area contributed by atoms with E-state index in [-0.39, 0.29) is 12.1 Å². The van der Waals surface area contributed by atoms with Crippen LogP contribution < -0.4 is 9.80 Å². The van der Waals surface area contributed by atoms with Crippen molar-refractivity contribution in [3.05, 3.63) is 54.0 Å². The lowest BCUT2D eigenvalue weighted by atomic mass is 9.99. The van der Waals surface area contributed by atoms with E-state index in [0.29, 0.717) is 17.5 Å². The zero-order valence-corrected chi connectivity index (χ0v) is 17.6. The molecule has 31 heavy (non-hydrogen) atoms. The van der Waals surface area contributed by atoms with Gasteiger partial charge in [0.25, 0.3) is 0 Å². The van der Waals surface area contributed by atoms with Crippen molar-refractivity contribution < 1.29 is 9.13 Å². The molecular formula is C22H24FN7O. The second-order valence-electron chi connectivity index (χ2n) is 7.89. The molecule has 1 fully saturated rings. The summed E-state index contributed by atoms with van der Waals surface area (Å²) in [4.78, 5) is 26.1. The minimum Gasteiger partial charge on any atom is -0.380 e. The molecule has 0 aromatic carbocycles. The van der Waals surface area contributed by atoms with Gasteiger partial charge in [-0.25, -0.2) is 24.9 Å². The van der Waals surface area contributed by atoms with Gasteiger partial charge in [0.1, 0.15) is 5.82 Å². The van der Waals surface area contributed by atoms with Crippen molar-refractivity contribution in [2.24, 2.45) is 0 Å². The van der Waals surface area contributed by atoms with Crippen LogP contribution in [0.1, 0.15) is 30.6 Å². The average Bonchev–Trinajstić information content (AvgIpc) is 3.29. The molecule has 0 aliphatic carbocycles. The third-order valence-electron chi connectivity index (χ3n) is 6.07. The molecule has 2 unspecified atom stereocenters. The van der Waals surface area contributed by atoms with Crippen LogP contribution in [0, 0.1) is 5.95 Å². The quantitative estimate of drug-likeness (QED) is 0.595. The van der Waals surface area contributed by atoms with Crippen LogP contribution in [0.4, 0.5) is 15.9 Å². The lowest BCUT2D eigenvalue weighted by Gasteiger charge is -2.36. The number of rotatable bonds is 4. The maximum atomic E-state index is 14.4. The molecule has 0 amide bonds. The summed E-state index contributed by atoms with van der Waals surface area (Å²) in [5.41, 5.74) is 2.83. The van der Waals surface area contributed by atoms with E-state index in [1.54, 1.807) is 25.6 Å². The monoisotopic (exact) mass is 421 g/mol. The van der Waals surface area contributed by atoms with Gasteiger partial charge in [0.05, 0.1) is 17.8 Å². The molecule has 5 rings (SSSR count). The molecule has 0 saturated carbocycles. The maximum absolute atomic E-state index is 14.4. The smallest absolute Gasteiger partial charge is 0.216 e. The number of fused-ring (bicyclic) bond motifs is 1. The molecule has 160 valence electrons. The second-order valence-corrected chi connectivity index (χ2v) is 7.89. The number of methoxy groups -OCH3 is 1. The summed E-state index contributed by atoms with van der Waals surface area (Å²) in [7, 11) is 1.71. The van der Waals surface area contributed by atoms with Gasteiger partial charge < -0.3 is 14.5 Å². The standard InChI is InChI=1S/C22H24FN7O/c1-14-17-12-26-22(21-24-6-3-7-25-21)27-18(17)5-9-30(14)15-10-19(23)28-20(11-15)29-8-4-16(13-29)31-2/h3,6-7,10-12,14,16H,4-5,8-9,13H2,1-2H3. The first-order valence-corrected chi connectivity index (χ1v) is 10.5. The highest BCUT2D eigenvalue weighted by molar-refractivity contribution is 5.58. The van der Waals surface area contributed by atoms with Gasteiger partial charge in [0.15, 0.2) is 11.6 Å². The molecule has 5 heterocycles. The number of ether oxygens (including phenoxy) is 1. The van der Waals surface area contributed by atoms with E-state index in [4.69, 9.17) is 9.72 Å². The topological polar surface area (TPSA) is 80.2 Å². The van der Waals surface area contributed by atoms with E-state index in [1.807, 2.05) is 12.3 Å². The summed E-state index contributed by atoms with van der Waals surface area (Å²) in [5, 5.41) is 0. The Labute approximate surface area is 180 Å². The lowest BCUT2D eigenvalue weighted by molar-refractivity contribution is 0.121. The number of halogens is 1. The fourth-order valence-corrected chi connectivity index (χ4v) is 4.37. The summed E-state index contributed by atoms with van der Waals surface area (Å²) in [6, 6.07) is 5.24. The van der Waals surface area contributed by atoms with Crippen molar-refractivity contribution in [3.63, 3.8) is 0 Å². The van der Waals surface area contributed by atoms with Gasteiger partial charge in [-0.2, -0.15) is 4.39 Å². The summed E-state index contributed by atoms with van der Waals surface area (Å²) in [6.07, 6.45) is 7.02. The van der Waals surface area contributed by atoms with Crippen molar-refractivity contribution in [1.82, 2.24) is 24.9 Å². The second kappa shape index (κ2) is 8.14. The Morgan fingerprint density at radius 1 is 1.06 bits per heavy atom. The normalized spacial score (nSPS) is 20.7. The number of anilines is 2. The van der Waals surface area contributed by atoms with Gasteiger partial charge in [-0.1, -0.05) is 0 Å². The SMILES string of the molecule is COC1CCN(c2cc(N3CCc4nc(-c5ncccn5)ncc4C3C)cc(F)n2)C1.